The molecule has 0 saturated heterocycles. The molecule has 144 valence electrons. The van der Waals surface area contributed by atoms with E-state index in [1.165, 1.54) is 6.07 Å². The summed E-state index contributed by atoms with van der Waals surface area (Å²) >= 11 is 12.1. The number of carbonyl (C=O) groups excluding carboxylic acids is 1. The summed E-state index contributed by atoms with van der Waals surface area (Å²) in [6, 6.07) is 10.7. The number of rotatable bonds is 3. The average Bonchev–Trinajstić information content (AvgIpc) is 3.12. The van der Waals surface area contributed by atoms with Crippen LogP contribution in [0.25, 0.3) is 5.69 Å². The van der Waals surface area contributed by atoms with Crippen LogP contribution >= 0.6 is 23.2 Å². The Balaban J connectivity index is 1.79. The summed E-state index contributed by atoms with van der Waals surface area (Å²) in [7, 11) is -1.01. The summed E-state index contributed by atoms with van der Waals surface area (Å²) in [6.45, 7) is 4.02. The first-order valence-electron chi connectivity index (χ1n) is 8.63. The molecule has 0 aliphatic carbocycles. The van der Waals surface area contributed by atoms with E-state index in [9.17, 15) is 9.00 Å². The number of fused-ring (bicyclic) bond motifs is 1. The van der Waals surface area contributed by atoms with Crippen LogP contribution in [-0.4, -0.2) is 19.9 Å². The van der Waals surface area contributed by atoms with E-state index in [4.69, 9.17) is 23.2 Å². The number of hydrogen-bond donors (Lipinski definition) is 1. The summed E-state index contributed by atoms with van der Waals surface area (Å²) < 4.78 is 13.8. The van der Waals surface area contributed by atoms with Gasteiger partial charge in [0.25, 0.3) is 5.91 Å². The van der Waals surface area contributed by atoms with E-state index >= 15 is 0 Å². The molecule has 5 nitrogen and oxygen atoms in total. The van der Waals surface area contributed by atoms with E-state index in [2.05, 4.69) is 16.5 Å². The molecule has 1 aliphatic rings. The van der Waals surface area contributed by atoms with Gasteiger partial charge in [0.05, 0.1) is 33.5 Å². The van der Waals surface area contributed by atoms with Gasteiger partial charge < -0.3 is 5.32 Å². The van der Waals surface area contributed by atoms with Gasteiger partial charge >= 0.3 is 0 Å². The number of halogens is 2. The Kier molecular flexibility index (Phi) is 5.04. The second-order valence-corrected chi connectivity index (χ2v) is 9.08. The Labute approximate surface area is 175 Å². The van der Waals surface area contributed by atoms with Crippen LogP contribution in [-0.2, 0) is 22.3 Å². The van der Waals surface area contributed by atoms with Gasteiger partial charge in [0.15, 0.2) is 0 Å². The third kappa shape index (κ3) is 3.48. The molecular formula is C20H17Cl2N3O2S. The smallest absolute Gasteiger partial charge is 0.258 e. The van der Waals surface area contributed by atoms with Gasteiger partial charge in [0.2, 0.25) is 0 Å². The minimum Gasteiger partial charge on any atom is -0.306 e. The number of hydrogen-bond acceptors (Lipinski definition) is 3. The molecule has 1 unspecified atom stereocenters. The fraction of sp³-hybridized carbons (Fsp3) is 0.200. The molecule has 0 saturated carbocycles. The van der Waals surface area contributed by atoms with Crippen molar-refractivity contribution in [2.45, 2.75) is 25.4 Å². The summed E-state index contributed by atoms with van der Waals surface area (Å²) in [6.07, 6.45) is 0. The Morgan fingerprint density at radius 3 is 2.64 bits per heavy atom. The van der Waals surface area contributed by atoms with Crippen molar-refractivity contribution in [2.24, 2.45) is 0 Å². The second-order valence-electron chi connectivity index (χ2n) is 6.78. The van der Waals surface area contributed by atoms with E-state index in [0.29, 0.717) is 27.9 Å². The van der Waals surface area contributed by atoms with Crippen molar-refractivity contribution in [3.05, 3.63) is 74.4 Å². The first-order chi connectivity index (χ1) is 13.3. The average molecular weight is 434 g/mol. The summed E-state index contributed by atoms with van der Waals surface area (Å²) in [5.74, 6) is 0.916. The molecule has 4 rings (SSSR count). The minimum absolute atomic E-state index is 0.266. The quantitative estimate of drug-likeness (QED) is 0.644. The van der Waals surface area contributed by atoms with Gasteiger partial charge in [0, 0.05) is 21.4 Å². The third-order valence-electron chi connectivity index (χ3n) is 4.66. The zero-order chi connectivity index (χ0) is 20.0. The Bertz CT molecular complexity index is 1140. The molecule has 1 aromatic heterocycles. The van der Waals surface area contributed by atoms with Crippen molar-refractivity contribution in [3.8, 4) is 5.69 Å². The van der Waals surface area contributed by atoms with Crippen LogP contribution in [0.3, 0.4) is 0 Å². The van der Waals surface area contributed by atoms with E-state index in [0.717, 1.165) is 28.1 Å². The first-order valence-corrected chi connectivity index (χ1v) is 10.9. The highest BCUT2D eigenvalue weighted by Gasteiger charge is 2.29. The van der Waals surface area contributed by atoms with Gasteiger partial charge in [-0.3, -0.25) is 9.00 Å². The van der Waals surface area contributed by atoms with Crippen LogP contribution in [0.15, 0.2) is 36.4 Å². The summed E-state index contributed by atoms with van der Waals surface area (Å²) in [5.41, 5.74) is 4.89. The Morgan fingerprint density at radius 2 is 1.93 bits per heavy atom. The van der Waals surface area contributed by atoms with Crippen molar-refractivity contribution in [1.29, 1.82) is 0 Å². The SMILES string of the molecule is Cc1ccc(-n2nc3c(c2NC(=O)c2ccc(Cl)cc2Cl)CS(=O)C3)c(C)c1. The van der Waals surface area contributed by atoms with Gasteiger partial charge in [-0.25, -0.2) is 4.68 Å². The highest BCUT2D eigenvalue weighted by Crippen LogP contribution is 2.33. The predicted molar refractivity (Wildman–Crippen MR) is 113 cm³/mol. The van der Waals surface area contributed by atoms with Crippen molar-refractivity contribution < 1.29 is 9.00 Å². The molecule has 1 N–H and O–H groups in total. The van der Waals surface area contributed by atoms with Crippen LogP contribution in [0.2, 0.25) is 10.0 Å². The molecule has 0 bridgehead atoms. The maximum Gasteiger partial charge on any atom is 0.258 e. The molecule has 1 amide bonds. The molecule has 0 radical (unpaired) electrons. The lowest BCUT2D eigenvalue weighted by Gasteiger charge is -2.14. The Morgan fingerprint density at radius 1 is 1.14 bits per heavy atom. The zero-order valence-corrected chi connectivity index (χ0v) is 17.6. The van der Waals surface area contributed by atoms with Gasteiger partial charge in [0.1, 0.15) is 5.82 Å². The maximum absolute atomic E-state index is 12.9. The van der Waals surface area contributed by atoms with E-state index in [1.54, 1.807) is 16.8 Å². The largest absolute Gasteiger partial charge is 0.306 e. The van der Waals surface area contributed by atoms with Gasteiger partial charge in [-0.05, 0) is 43.7 Å². The number of aryl methyl sites for hydroxylation is 2. The molecule has 2 heterocycles. The van der Waals surface area contributed by atoms with Crippen LogP contribution in [0.4, 0.5) is 5.82 Å². The molecule has 8 heteroatoms. The van der Waals surface area contributed by atoms with Crippen molar-refractivity contribution in [1.82, 2.24) is 9.78 Å². The topological polar surface area (TPSA) is 64.0 Å². The highest BCUT2D eigenvalue weighted by atomic mass is 35.5. The van der Waals surface area contributed by atoms with E-state index < -0.39 is 10.8 Å². The van der Waals surface area contributed by atoms with Crippen molar-refractivity contribution in [2.75, 3.05) is 5.32 Å². The molecule has 0 fully saturated rings. The molecule has 1 atom stereocenters. The van der Waals surface area contributed by atoms with Crippen LogP contribution < -0.4 is 5.32 Å². The minimum atomic E-state index is -1.01. The maximum atomic E-state index is 12.9. The van der Waals surface area contributed by atoms with Crippen molar-refractivity contribution >= 4 is 45.7 Å². The monoisotopic (exact) mass is 433 g/mol. The van der Waals surface area contributed by atoms with Gasteiger partial charge in [-0.15, -0.1) is 0 Å². The molecule has 2 aromatic carbocycles. The van der Waals surface area contributed by atoms with Crippen LogP contribution in [0.5, 0.6) is 0 Å². The normalized spacial score (nSPS) is 15.5. The number of benzene rings is 2. The van der Waals surface area contributed by atoms with Gasteiger partial charge in [-0.1, -0.05) is 40.9 Å². The number of anilines is 1. The zero-order valence-electron chi connectivity index (χ0n) is 15.3. The molecule has 3 aromatic rings. The second kappa shape index (κ2) is 7.35. The molecule has 0 spiro atoms. The standard InChI is InChI=1S/C20H17Cl2N3O2S/c1-11-3-6-18(12(2)7-11)25-19(15-9-28(27)10-17(15)24-25)23-20(26)14-5-4-13(21)8-16(14)22/h3-8H,9-10H2,1-2H3,(H,23,26). The number of nitrogens with zero attached hydrogens (tertiary/aromatic N) is 2. The number of carbonyl (C=O) groups is 1. The van der Waals surface area contributed by atoms with E-state index in [-0.39, 0.29) is 10.9 Å². The Hall–Kier alpha value is -2.15. The fourth-order valence-corrected chi connectivity index (χ4v) is 5.08. The van der Waals surface area contributed by atoms with Crippen LogP contribution in [0.1, 0.15) is 32.7 Å². The van der Waals surface area contributed by atoms with Crippen LogP contribution in [0, 0.1) is 13.8 Å². The lowest BCUT2D eigenvalue weighted by atomic mass is 10.1. The van der Waals surface area contributed by atoms with Crippen molar-refractivity contribution in [3.63, 3.8) is 0 Å². The molecule has 1 aliphatic heterocycles. The lowest BCUT2D eigenvalue weighted by molar-refractivity contribution is 0.102. The highest BCUT2D eigenvalue weighted by molar-refractivity contribution is 7.83. The first kappa shape index (κ1) is 19.2. The fourth-order valence-electron chi connectivity index (χ4n) is 3.32. The molecule has 28 heavy (non-hydrogen) atoms. The number of amides is 1. The number of nitrogens with one attached hydrogen (secondary N) is 1. The van der Waals surface area contributed by atoms with E-state index in [1.807, 2.05) is 26.0 Å². The van der Waals surface area contributed by atoms with Gasteiger partial charge in [-0.2, -0.15) is 5.10 Å². The third-order valence-corrected chi connectivity index (χ3v) is 6.41. The number of aromatic nitrogens is 2. The predicted octanol–water partition coefficient (Wildman–Crippen LogP) is 4.81. The molecular weight excluding hydrogens is 417 g/mol. The lowest BCUT2D eigenvalue weighted by Crippen LogP contribution is -2.17. The summed E-state index contributed by atoms with van der Waals surface area (Å²) in [5, 5.41) is 8.29. The summed E-state index contributed by atoms with van der Waals surface area (Å²) in [4.78, 5) is 12.9.